The van der Waals surface area contributed by atoms with Gasteiger partial charge in [-0.1, -0.05) is 35.9 Å². The second-order valence-corrected chi connectivity index (χ2v) is 9.73. The molecule has 0 spiro atoms. The number of fused-ring (bicyclic) bond motifs is 2. The van der Waals surface area contributed by atoms with Crippen LogP contribution in [0.25, 0.3) is 5.57 Å². The van der Waals surface area contributed by atoms with Crippen LogP contribution < -0.4 is 9.47 Å². The molecule has 2 aliphatic rings. The third-order valence-corrected chi connectivity index (χ3v) is 7.58. The summed E-state index contributed by atoms with van der Waals surface area (Å²) in [5.74, 6) is 0.825. The van der Waals surface area contributed by atoms with Gasteiger partial charge in [-0.3, -0.25) is 9.78 Å². The second-order valence-electron chi connectivity index (χ2n) is 9.29. The van der Waals surface area contributed by atoms with Crippen molar-refractivity contribution in [1.82, 2.24) is 9.88 Å². The molecular weight excluding hydrogens is 476 g/mol. The van der Waals surface area contributed by atoms with Gasteiger partial charge in [0.15, 0.2) is 0 Å². The summed E-state index contributed by atoms with van der Waals surface area (Å²) in [6, 6.07) is 17.1. The SMILES string of the molecule is COc1ccc2c(c1)/C(=C/CCN1CCC(C(=O)O)(c3ccc(Cl)cc3)CC1)c1cccnc1CO2. The van der Waals surface area contributed by atoms with E-state index in [1.165, 1.54) is 0 Å². The van der Waals surface area contributed by atoms with Gasteiger partial charge in [-0.2, -0.15) is 0 Å². The summed E-state index contributed by atoms with van der Waals surface area (Å²) in [6.07, 6.45) is 5.99. The first-order valence-electron chi connectivity index (χ1n) is 12.2. The van der Waals surface area contributed by atoms with Gasteiger partial charge in [-0.25, -0.2) is 0 Å². The van der Waals surface area contributed by atoms with Crippen LogP contribution in [-0.2, 0) is 16.8 Å². The molecular formula is C29H29ClN2O4. The summed E-state index contributed by atoms with van der Waals surface area (Å²) in [7, 11) is 1.66. The van der Waals surface area contributed by atoms with Gasteiger partial charge >= 0.3 is 5.97 Å². The molecule has 2 aliphatic heterocycles. The maximum absolute atomic E-state index is 12.3. The minimum Gasteiger partial charge on any atom is -0.497 e. The first kappa shape index (κ1) is 24.3. The summed E-state index contributed by atoms with van der Waals surface area (Å²) in [5.41, 5.74) is 4.02. The minimum atomic E-state index is -0.863. The largest absolute Gasteiger partial charge is 0.497 e. The zero-order valence-corrected chi connectivity index (χ0v) is 21.0. The fourth-order valence-corrected chi connectivity index (χ4v) is 5.35. The van der Waals surface area contributed by atoms with Crippen molar-refractivity contribution in [3.05, 3.63) is 94.3 Å². The molecule has 3 heterocycles. The van der Waals surface area contributed by atoms with Crippen molar-refractivity contribution in [2.24, 2.45) is 0 Å². The van der Waals surface area contributed by atoms with E-state index in [4.69, 9.17) is 21.1 Å². The van der Waals surface area contributed by atoms with Crippen LogP contribution in [0.5, 0.6) is 11.5 Å². The molecule has 1 N–H and O–H groups in total. The number of methoxy groups -OCH3 is 1. The standard InChI is InChI=1S/C29H29ClN2O4/c1-35-22-10-11-27-25(18-22)23(24-4-2-14-31-26(24)19-36-27)5-3-15-32-16-12-29(13-17-32,28(33)34)20-6-8-21(30)9-7-20/h2,4-11,14,18H,3,12-13,15-17,19H2,1H3,(H,33,34)/b23-5+. The van der Waals surface area contributed by atoms with Crippen molar-refractivity contribution in [3.8, 4) is 11.5 Å². The van der Waals surface area contributed by atoms with Gasteiger partial charge in [0.1, 0.15) is 18.1 Å². The van der Waals surface area contributed by atoms with Crippen LogP contribution in [0.2, 0.25) is 5.02 Å². The van der Waals surface area contributed by atoms with Crippen LogP contribution in [0.15, 0.2) is 66.9 Å². The highest BCUT2D eigenvalue weighted by atomic mass is 35.5. The number of hydrogen-bond acceptors (Lipinski definition) is 5. The van der Waals surface area contributed by atoms with E-state index in [2.05, 4.69) is 22.0 Å². The fourth-order valence-electron chi connectivity index (χ4n) is 5.23. The molecule has 1 fully saturated rings. The Morgan fingerprint density at radius 1 is 1.17 bits per heavy atom. The fraction of sp³-hybridized carbons (Fsp3) is 0.310. The summed E-state index contributed by atoms with van der Waals surface area (Å²) in [4.78, 5) is 19.2. The lowest BCUT2D eigenvalue weighted by atomic mass is 9.73. The summed E-state index contributed by atoms with van der Waals surface area (Å²) in [6.45, 7) is 2.71. The molecule has 7 heteroatoms. The van der Waals surface area contributed by atoms with Gasteiger partial charge in [0.05, 0.1) is 18.2 Å². The number of likely N-dealkylation sites (tertiary alicyclic amines) is 1. The highest BCUT2D eigenvalue weighted by molar-refractivity contribution is 6.30. The van der Waals surface area contributed by atoms with Crippen molar-refractivity contribution >= 4 is 23.1 Å². The van der Waals surface area contributed by atoms with Crippen molar-refractivity contribution in [2.75, 3.05) is 26.7 Å². The topological polar surface area (TPSA) is 71.9 Å². The van der Waals surface area contributed by atoms with Crippen molar-refractivity contribution < 1.29 is 19.4 Å². The van der Waals surface area contributed by atoms with E-state index in [0.29, 0.717) is 24.5 Å². The molecule has 1 saturated heterocycles. The molecule has 0 saturated carbocycles. The number of piperidine rings is 1. The van der Waals surface area contributed by atoms with Crippen LogP contribution in [0.4, 0.5) is 0 Å². The van der Waals surface area contributed by atoms with Crippen LogP contribution in [0, 0.1) is 0 Å². The van der Waals surface area contributed by atoms with Gasteiger partial charge in [0.2, 0.25) is 0 Å². The normalized spacial score (nSPS) is 18.0. The van der Waals surface area contributed by atoms with Gasteiger partial charge in [0.25, 0.3) is 0 Å². The number of aliphatic carboxylic acids is 1. The third kappa shape index (κ3) is 4.71. The first-order valence-corrected chi connectivity index (χ1v) is 12.6. The molecule has 36 heavy (non-hydrogen) atoms. The van der Waals surface area contributed by atoms with Crippen LogP contribution in [0.1, 0.15) is 41.6 Å². The molecule has 0 radical (unpaired) electrons. The maximum Gasteiger partial charge on any atom is 0.314 e. The smallest absolute Gasteiger partial charge is 0.314 e. The number of benzene rings is 2. The molecule has 0 unspecified atom stereocenters. The molecule has 0 atom stereocenters. The average Bonchev–Trinajstić information content (AvgIpc) is 3.06. The Hall–Kier alpha value is -3.35. The molecule has 6 nitrogen and oxygen atoms in total. The van der Waals surface area contributed by atoms with Crippen LogP contribution in [0.3, 0.4) is 0 Å². The molecule has 0 aliphatic carbocycles. The van der Waals surface area contributed by atoms with Gasteiger partial charge in [-0.05, 0) is 79.9 Å². The predicted molar refractivity (Wildman–Crippen MR) is 140 cm³/mol. The summed E-state index contributed by atoms with van der Waals surface area (Å²) >= 11 is 6.03. The lowest BCUT2D eigenvalue weighted by Crippen LogP contribution is -2.47. The van der Waals surface area contributed by atoms with E-state index in [0.717, 1.165) is 65.5 Å². The first-order chi connectivity index (χ1) is 17.5. The predicted octanol–water partition coefficient (Wildman–Crippen LogP) is 5.58. The number of pyridine rings is 1. The molecule has 1 aromatic heterocycles. The molecule has 3 aromatic rings. The van der Waals surface area contributed by atoms with E-state index >= 15 is 0 Å². The molecule has 5 rings (SSSR count). The van der Waals surface area contributed by atoms with Gasteiger partial charge < -0.3 is 19.5 Å². The quantitative estimate of drug-likeness (QED) is 0.472. The summed E-state index contributed by atoms with van der Waals surface area (Å²) in [5, 5.41) is 10.7. The number of nitrogens with zero attached hydrogens (tertiary/aromatic N) is 2. The van der Waals surface area contributed by atoms with Crippen LogP contribution in [-0.4, -0.2) is 47.7 Å². The molecule has 0 bridgehead atoms. The monoisotopic (exact) mass is 504 g/mol. The minimum absolute atomic E-state index is 0.418. The summed E-state index contributed by atoms with van der Waals surface area (Å²) < 4.78 is 11.5. The van der Waals surface area contributed by atoms with E-state index < -0.39 is 11.4 Å². The molecule has 0 amide bonds. The van der Waals surface area contributed by atoms with E-state index in [1.807, 2.05) is 36.4 Å². The molecule has 2 aromatic carbocycles. The Kier molecular flexibility index (Phi) is 6.99. The number of rotatable bonds is 6. The highest BCUT2D eigenvalue weighted by Crippen LogP contribution is 2.39. The van der Waals surface area contributed by atoms with E-state index in [1.54, 1.807) is 25.4 Å². The van der Waals surface area contributed by atoms with Gasteiger partial charge in [0, 0.05) is 28.9 Å². The number of carbonyl (C=O) groups is 1. The molecule has 186 valence electrons. The second kappa shape index (κ2) is 10.3. The number of ether oxygens (including phenoxy) is 2. The highest BCUT2D eigenvalue weighted by Gasteiger charge is 2.42. The zero-order valence-electron chi connectivity index (χ0n) is 20.2. The number of halogens is 1. The lowest BCUT2D eigenvalue weighted by molar-refractivity contribution is -0.146. The number of carboxylic acid groups (broad SMARTS) is 1. The Labute approximate surface area is 216 Å². The lowest BCUT2D eigenvalue weighted by Gasteiger charge is -2.39. The van der Waals surface area contributed by atoms with Gasteiger partial charge in [-0.15, -0.1) is 0 Å². The van der Waals surface area contributed by atoms with E-state index in [-0.39, 0.29) is 0 Å². The average molecular weight is 505 g/mol. The van der Waals surface area contributed by atoms with Crippen molar-refractivity contribution in [3.63, 3.8) is 0 Å². The van der Waals surface area contributed by atoms with Crippen LogP contribution >= 0.6 is 11.6 Å². The Bertz CT molecular complexity index is 1280. The Morgan fingerprint density at radius 3 is 2.67 bits per heavy atom. The number of hydrogen-bond donors (Lipinski definition) is 1. The zero-order chi connectivity index (χ0) is 25.1. The maximum atomic E-state index is 12.3. The third-order valence-electron chi connectivity index (χ3n) is 7.33. The van der Waals surface area contributed by atoms with Crippen molar-refractivity contribution in [1.29, 1.82) is 0 Å². The van der Waals surface area contributed by atoms with E-state index in [9.17, 15) is 9.90 Å². The van der Waals surface area contributed by atoms with Crippen molar-refractivity contribution in [2.45, 2.75) is 31.3 Å². The number of carboxylic acids is 1. The Balaban J connectivity index is 1.34. The number of aromatic nitrogens is 1. The Morgan fingerprint density at radius 2 is 1.94 bits per heavy atom.